The van der Waals surface area contributed by atoms with E-state index >= 15 is 0 Å². The molecule has 0 saturated heterocycles. The van der Waals surface area contributed by atoms with Crippen molar-refractivity contribution in [3.05, 3.63) is 158 Å². The molecule has 2 aromatic carbocycles. The van der Waals surface area contributed by atoms with E-state index in [9.17, 15) is 0 Å². The van der Waals surface area contributed by atoms with Gasteiger partial charge in [0, 0.05) is 0 Å². The zero-order chi connectivity index (χ0) is 27.5. The molecule has 0 fully saturated rings. The molecule has 6 rings (SSSR count). The number of rotatable bonds is 2. The summed E-state index contributed by atoms with van der Waals surface area (Å²) < 4.78 is 0. The van der Waals surface area contributed by atoms with Crippen LogP contribution in [0.1, 0.15) is 25.7 Å². The fourth-order valence-electron chi connectivity index (χ4n) is 2.74. The molecule has 204 valence electrons. The zero-order valence-corrected chi connectivity index (χ0v) is 31.7. The molecule has 0 nitrogen and oxygen atoms in total. The molecule has 0 spiro atoms. The van der Waals surface area contributed by atoms with E-state index < -0.39 is 0 Å². The SMILES string of the molecule is C[Si](=[Zr+2])c1ccccc1.C[Si](=[Zr+2])c1ccccc1.[C-]1=CC=CC1.[C-]1=CC=CC1.[C-]1=CC=CC1.[C-]1=CC=CC1.[Cl-].[Cl-]. The Balaban J connectivity index is 0. The first-order valence-corrected chi connectivity index (χ1v) is 24.1. The Bertz CT molecular complexity index is 983. The molecular formula is C34H36Cl2Si2Zr2-2. The molecule has 0 amide bonds. The van der Waals surface area contributed by atoms with E-state index in [1.54, 1.807) is 57.0 Å². The first kappa shape index (κ1) is 41.3. The molecule has 0 bridgehead atoms. The molecular weight excluding hydrogens is 718 g/mol. The van der Waals surface area contributed by atoms with Crippen LogP contribution in [0.2, 0.25) is 13.1 Å². The Morgan fingerprint density at radius 3 is 0.825 bits per heavy atom. The van der Waals surface area contributed by atoms with Gasteiger partial charge in [-0.25, -0.2) is 48.6 Å². The van der Waals surface area contributed by atoms with Crippen LogP contribution in [0.5, 0.6) is 0 Å². The summed E-state index contributed by atoms with van der Waals surface area (Å²) in [6, 6.07) is 21.5. The Kier molecular flexibility index (Phi) is 32.1. The van der Waals surface area contributed by atoms with E-state index in [4.69, 9.17) is 0 Å². The molecule has 0 radical (unpaired) electrons. The van der Waals surface area contributed by atoms with Crippen LogP contribution in [0.4, 0.5) is 0 Å². The topological polar surface area (TPSA) is 0 Å². The van der Waals surface area contributed by atoms with Crippen molar-refractivity contribution in [3.8, 4) is 0 Å². The summed E-state index contributed by atoms with van der Waals surface area (Å²) in [5, 5.41) is 3.11. The summed E-state index contributed by atoms with van der Waals surface area (Å²) in [7, 11) is 0. The monoisotopic (exact) mass is 750 g/mol. The van der Waals surface area contributed by atoms with Crippen LogP contribution in [0.25, 0.3) is 0 Å². The molecule has 0 aromatic heterocycles. The Hall–Kier alpha value is -0.860. The van der Waals surface area contributed by atoms with Crippen molar-refractivity contribution in [2.24, 2.45) is 0 Å². The van der Waals surface area contributed by atoms with Crippen molar-refractivity contribution in [2.75, 3.05) is 0 Å². The molecule has 0 saturated carbocycles. The molecule has 0 N–H and O–H groups in total. The van der Waals surface area contributed by atoms with Crippen LogP contribution in [0.15, 0.2) is 134 Å². The van der Waals surface area contributed by atoms with Crippen LogP contribution in [-0.4, -0.2) is 10.9 Å². The van der Waals surface area contributed by atoms with Gasteiger partial charge in [-0.2, -0.15) is 24.3 Å². The molecule has 4 aliphatic rings. The van der Waals surface area contributed by atoms with Crippen LogP contribution in [0, 0.1) is 24.3 Å². The van der Waals surface area contributed by atoms with E-state index in [-0.39, 0.29) is 35.7 Å². The minimum atomic E-state index is -0.122. The second kappa shape index (κ2) is 31.1. The number of hydrogen-bond acceptors (Lipinski definition) is 0. The molecule has 0 heterocycles. The van der Waals surface area contributed by atoms with E-state index in [0.29, 0.717) is 0 Å². The van der Waals surface area contributed by atoms with Crippen molar-refractivity contribution in [2.45, 2.75) is 38.8 Å². The molecule has 0 aliphatic heterocycles. The molecule has 4 aliphatic carbocycles. The second-order valence-electron chi connectivity index (χ2n) is 7.99. The predicted molar refractivity (Wildman–Crippen MR) is 162 cm³/mol. The average Bonchev–Trinajstić information content (AvgIpc) is 3.82. The second-order valence-corrected chi connectivity index (χ2v) is 22.7. The third kappa shape index (κ3) is 26.1. The van der Waals surface area contributed by atoms with Gasteiger partial charge in [0.15, 0.2) is 0 Å². The predicted octanol–water partition coefficient (Wildman–Crippen LogP) is 1.35. The summed E-state index contributed by atoms with van der Waals surface area (Å²) in [6.07, 6.45) is 40.0. The molecule has 6 heteroatoms. The zero-order valence-electron chi connectivity index (χ0n) is 23.3. The maximum Gasteiger partial charge on any atom is -0.109 e. The van der Waals surface area contributed by atoms with E-state index in [2.05, 4.69) is 122 Å². The smallest absolute Gasteiger partial charge is 0.109 e. The van der Waals surface area contributed by atoms with Gasteiger partial charge in [-0.1, -0.05) is 0 Å². The third-order valence-electron chi connectivity index (χ3n) is 4.76. The van der Waals surface area contributed by atoms with Crippen LogP contribution in [0.3, 0.4) is 0 Å². The van der Waals surface area contributed by atoms with Gasteiger partial charge in [-0.3, -0.25) is 24.3 Å². The molecule has 0 unspecified atom stereocenters. The Labute approximate surface area is 286 Å². The van der Waals surface area contributed by atoms with Crippen molar-refractivity contribution in [1.29, 1.82) is 0 Å². The normalized spacial score (nSPS) is 12.9. The fraction of sp³-hybridized carbons (Fsp3) is 0.176. The van der Waals surface area contributed by atoms with Crippen molar-refractivity contribution in [1.82, 2.24) is 0 Å². The van der Waals surface area contributed by atoms with Gasteiger partial charge in [-0.15, -0.1) is 25.7 Å². The third-order valence-corrected chi connectivity index (χ3v) is 11.4. The fourth-order valence-corrected chi connectivity index (χ4v) is 6.58. The number of halogens is 2. The van der Waals surface area contributed by atoms with E-state index in [0.717, 1.165) is 25.7 Å². The maximum atomic E-state index is 2.99. The van der Waals surface area contributed by atoms with Gasteiger partial charge in [0.1, 0.15) is 0 Å². The first-order chi connectivity index (χ1) is 18.6. The van der Waals surface area contributed by atoms with E-state index in [1.165, 1.54) is 0 Å². The quantitative estimate of drug-likeness (QED) is 0.322. The number of hydrogen-bond donors (Lipinski definition) is 0. The van der Waals surface area contributed by atoms with Crippen LogP contribution >= 0.6 is 0 Å². The number of benzene rings is 2. The molecule has 2 aromatic rings. The average molecular weight is 754 g/mol. The van der Waals surface area contributed by atoms with E-state index in [1.807, 2.05) is 48.6 Å². The minimum Gasteiger partial charge on any atom is -1.00 e. The largest absolute Gasteiger partial charge is 1.00 e. The van der Waals surface area contributed by atoms with Gasteiger partial charge in [0.25, 0.3) is 0 Å². The van der Waals surface area contributed by atoms with Gasteiger partial charge in [-0.05, 0) is 0 Å². The van der Waals surface area contributed by atoms with Gasteiger partial charge in [0.2, 0.25) is 0 Å². The Morgan fingerprint density at radius 1 is 0.475 bits per heavy atom. The summed E-state index contributed by atoms with van der Waals surface area (Å²) >= 11 is 3.38. The van der Waals surface area contributed by atoms with Gasteiger partial charge >= 0.3 is 142 Å². The van der Waals surface area contributed by atoms with Crippen molar-refractivity contribution >= 4 is 21.2 Å². The standard InChI is InChI=1S/2C7H8Si.4C5H5.2ClH.2Zr/c2*1-8-7-5-3-2-4-6-7;4*1-2-4-5-3-1;;;;/h2*2-6H,1H3;4*1-3H,4H2;2*1H;;/q;;4*-1;;;2*+2/p-2. The van der Waals surface area contributed by atoms with Gasteiger partial charge in [0.05, 0.1) is 0 Å². The minimum absolute atomic E-state index is 0. The summed E-state index contributed by atoms with van der Waals surface area (Å²) in [4.78, 5) is 0. The van der Waals surface area contributed by atoms with Crippen molar-refractivity contribution < 1.29 is 71.5 Å². The Morgan fingerprint density at radius 2 is 0.725 bits per heavy atom. The van der Waals surface area contributed by atoms with Crippen LogP contribution < -0.4 is 35.2 Å². The summed E-state index contributed by atoms with van der Waals surface area (Å²) in [5.41, 5.74) is -0.244. The summed E-state index contributed by atoms with van der Waals surface area (Å²) in [6.45, 7) is 4.69. The first-order valence-electron chi connectivity index (χ1n) is 12.7. The van der Waals surface area contributed by atoms with Gasteiger partial charge < -0.3 is 24.8 Å². The number of allylic oxidation sites excluding steroid dienone is 16. The van der Waals surface area contributed by atoms with Crippen LogP contribution in [-0.2, 0) is 46.7 Å². The maximum absolute atomic E-state index is 2.99. The molecule has 40 heavy (non-hydrogen) atoms. The molecule has 0 atom stereocenters. The summed E-state index contributed by atoms with van der Waals surface area (Å²) in [5.74, 6) is 0. The van der Waals surface area contributed by atoms with Crippen molar-refractivity contribution in [3.63, 3.8) is 0 Å².